The highest BCUT2D eigenvalue weighted by Gasteiger charge is 2.61. The SMILES string of the molecule is CCOC(=S)SC1C[C@@H](O)CC2=CC[C@H]3[C@@H]4CC[C@H]([C@H](C)CCCC(C)C)[C@@]4(C)CC[C@@H]3[C@]21C. The van der Waals surface area contributed by atoms with Crippen molar-refractivity contribution in [2.45, 2.75) is 117 Å². The first kappa shape index (κ1) is 27.0. The van der Waals surface area contributed by atoms with Crippen LogP contribution in [0.15, 0.2) is 11.6 Å². The van der Waals surface area contributed by atoms with E-state index in [1.54, 1.807) is 11.8 Å². The van der Waals surface area contributed by atoms with Crippen molar-refractivity contribution in [3.05, 3.63) is 11.6 Å². The zero-order chi connectivity index (χ0) is 24.7. The second-order valence-electron chi connectivity index (χ2n) is 13.0. The number of aliphatic hydroxyl groups is 1. The lowest BCUT2D eigenvalue weighted by Crippen LogP contribution is -2.55. The smallest absolute Gasteiger partial charge is 0.220 e. The Hall–Kier alpha value is -0.0600. The standard InChI is InChI=1S/C30H50O2S2/c1-7-32-28(33)34-27-18-22(31)17-21-11-12-23-25-14-13-24(20(4)10-8-9-19(2)3)29(25,5)16-15-26(23)30(21,27)6/h11,19-20,22-27,31H,7-10,12-18H2,1-6H3/t20-,22+,23+,24-,25+,26+,27?,29-,30+/m1/s1. The number of hydrogen-bond donors (Lipinski definition) is 1. The molecule has 4 heteroatoms. The zero-order valence-corrected chi connectivity index (χ0v) is 24.3. The van der Waals surface area contributed by atoms with Gasteiger partial charge in [0.2, 0.25) is 4.38 Å². The summed E-state index contributed by atoms with van der Waals surface area (Å²) in [6.07, 6.45) is 15.0. The van der Waals surface area contributed by atoms with Crippen molar-refractivity contribution >= 4 is 28.4 Å². The quantitative estimate of drug-likeness (QED) is 0.277. The molecule has 0 aliphatic heterocycles. The van der Waals surface area contributed by atoms with Crippen molar-refractivity contribution in [3.63, 3.8) is 0 Å². The molecule has 0 heterocycles. The van der Waals surface area contributed by atoms with Gasteiger partial charge in [-0.3, -0.25) is 0 Å². The summed E-state index contributed by atoms with van der Waals surface area (Å²) >= 11 is 7.33. The summed E-state index contributed by atoms with van der Waals surface area (Å²) in [5, 5.41) is 11.1. The molecule has 34 heavy (non-hydrogen) atoms. The maximum absolute atomic E-state index is 10.7. The molecule has 0 spiro atoms. The molecule has 0 amide bonds. The topological polar surface area (TPSA) is 29.5 Å². The van der Waals surface area contributed by atoms with Gasteiger partial charge in [0.1, 0.15) is 0 Å². The van der Waals surface area contributed by atoms with E-state index in [-0.39, 0.29) is 11.5 Å². The molecule has 0 aromatic carbocycles. The minimum atomic E-state index is -0.241. The molecule has 0 radical (unpaired) electrons. The van der Waals surface area contributed by atoms with E-state index in [4.69, 9.17) is 17.0 Å². The van der Waals surface area contributed by atoms with E-state index in [9.17, 15) is 5.11 Å². The van der Waals surface area contributed by atoms with Crippen molar-refractivity contribution in [1.29, 1.82) is 0 Å². The largest absolute Gasteiger partial charge is 0.479 e. The van der Waals surface area contributed by atoms with Crippen molar-refractivity contribution < 1.29 is 9.84 Å². The molecular formula is C30H50O2S2. The lowest BCUT2D eigenvalue weighted by molar-refractivity contribution is -0.0548. The Labute approximate surface area is 219 Å². The van der Waals surface area contributed by atoms with Gasteiger partial charge in [0, 0.05) is 10.7 Å². The summed E-state index contributed by atoms with van der Waals surface area (Å²) in [7, 11) is 0. The van der Waals surface area contributed by atoms with Crippen LogP contribution in [0.25, 0.3) is 0 Å². The van der Waals surface area contributed by atoms with Crippen LogP contribution in [0.5, 0.6) is 0 Å². The molecule has 4 aliphatic rings. The first-order valence-corrected chi connectivity index (χ1v) is 15.6. The molecule has 0 aromatic rings. The highest BCUT2D eigenvalue weighted by atomic mass is 32.2. The maximum atomic E-state index is 10.7. The average molecular weight is 507 g/mol. The minimum absolute atomic E-state index is 0.135. The number of thiocarbonyl (C=S) groups is 1. The van der Waals surface area contributed by atoms with E-state index in [2.05, 4.69) is 40.7 Å². The van der Waals surface area contributed by atoms with Gasteiger partial charge in [-0.1, -0.05) is 77.3 Å². The predicted octanol–water partition coefficient (Wildman–Crippen LogP) is 8.42. The van der Waals surface area contributed by atoms with Crippen LogP contribution in [0.4, 0.5) is 0 Å². The van der Waals surface area contributed by atoms with E-state index in [1.165, 1.54) is 56.9 Å². The van der Waals surface area contributed by atoms with Crippen molar-refractivity contribution in [2.24, 2.45) is 46.3 Å². The Kier molecular flexibility index (Phi) is 8.52. The van der Waals surface area contributed by atoms with E-state index < -0.39 is 0 Å². The second-order valence-corrected chi connectivity index (χ2v) is 14.8. The second kappa shape index (κ2) is 10.7. The van der Waals surface area contributed by atoms with Crippen LogP contribution < -0.4 is 0 Å². The summed E-state index contributed by atoms with van der Waals surface area (Å²) < 4.78 is 6.37. The van der Waals surface area contributed by atoms with Gasteiger partial charge in [0.15, 0.2) is 0 Å². The number of fused-ring (bicyclic) bond motifs is 5. The first-order chi connectivity index (χ1) is 16.1. The van der Waals surface area contributed by atoms with Crippen LogP contribution >= 0.6 is 24.0 Å². The van der Waals surface area contributed by atoms with Crippen molar-refractivity contribution in [3.8, 4) is 0 Å². The Morgan fingerprint density at radius 1 is 1.18 bits per heavy atom. The van der Waals surface area contributed by atoms with Gasteiger partial charge in [-0.05, 0) is 105 Å². The van der Waals surface area contributed by atoms with Gasteiger partial charge in [-0.25, -0.2) is 0 Å². The summed E-state index contributed by atoms with van der Waals surface area (Å²) in [5.41, 5.74) is 2.16. The molecule has 1 N–H and O–H groups in total. The normalized spacial score (nSPS) is 42.4. The van der Waals surface area contributed by atoms with Gasteiger partial charge >= 0.3 is 0 Å². The van der Waals surface area contributed by atoms with E-state index in [0.29, 0.717) is 21.7 Å². The van der Waals surface area contributed by atoms with Crippen LogP contribution in [-0.2, 0) is 4.74 Å². The van der Waals surface area contributed by atoms with Crippen LogP contribution in [-0.4, -0.2) is 27.4 Å². The molecule has 194 valence electrons. The highest BCUT2D eigenvalue weighted by Crippen LogP contribution is 2.68. The molecule has 1 unspecified atom stereocenters. The number of hydrogen-bond acceptors (Lipinski definition) is 4. The van der Waals surface area contributed by atoms with Crippen LogP contribution in [0.2, 0.25) is 0 Å². The first-order valence-electron chi connectivity index (χ1n) is 14.3. The monoisotopic (exact) mass is 506 g/mol. The van der Waals surface area contributed by atoms with Gasteiger partial charge in [0.05, 0.1) is 12.7 Å². The third kappa shape index (κ3) is 4.91. The van der Waals surface area contributed by atoms with E-state index >= 15 is 0 Å². The van der Waals surface area contributed by atoms with Crippen LogP contribution in [0, 0.1) is 46.3 Å². The summed E-state index contributed by atoms with van der Waals surface area (Å²) in [5.74, 6) is 4.94. The summed E-state index contributed by atoms with van der Waals surface area (Å²) in [6.45, 7) is 15.1. The van der Waals surface area contributed by atoms with Gasteiger partial charge in [-0.2, -0.15) is 0 Å². The Morgan fingerprint density at radius 3 is 2.65 bits per heavy atom. The number of ether oxygens (including phenoxy) is 1. The van der Waals surface area contributed by atoms with Gasteiger partial charge < -0.3 is 9.84 Å². The Morgan fingerprint density at radius 2 is 1.94 bits per heavy atom. The lowest BCUT2D eigenvalue weighted by atomic mass is 9.46. The maximum Gasteiger partial charge on any atom is 0.220 e. The third-order valence-electron chi connectivity index (χ3n) is 10.8. The molecule has 4 aliphatic carbocycles. The molecule has 0 aromatic heterocycles. The molecule has 9 atom stereocenters. The Bertz CT molecular complexity index is 763. The van der Waals surface area contributed by atoms with Crippen molar-refractivity contribution in [2.75, 3.05) is 6.61 Å². The van der Waals surface area contributed by atoms with Crippen molar-refractivity contribution in [1.82, 2.24) is 0 Å². The average Bonchev–Trinajstić information content (AvgIpc) is 3.12. The molecule has 0 saturated heterocycles. The predicted molar refractivity (Wildman–Crippen MR) is 150 cm³/mol. The third-order valence-corrected chi connectivity index (χ3v) is 12.5. The summed E-state index contributed by atoms with van der Waals surface area (Å²) in [4.78, 5) is 0. The fourth-order valence-electron chi connectivity index (χ4n) is 9.14. The zero-order valence-electron chi connectivity index (χ0n) is 22.6. The van der Waals surface area contributed by atoms with Gasteiger partial charge in [0.25, 0.3) is 0 Å². The van der Waals surface area contributed by atoms with Crippen LogP contribution in [0.3, 0.4) is 0 Å². The van der Waals surface area contributed by atoms with Crippen LogP contribution in [0.1, 0.15) is 106 Å². The Balaban J connectivity index is 1.54. The number of allylic oxidation sites excluding steroid dienone is 1. The highest BCUT2D eigenvalue weighted by molar-refractivity contribution is 8.23. The molecular weight excluding hydrogens is 456 g/mol. The molecule has 4 rings (SSSR count). The molecule has 2 nitrogen and oxygen atoms in total. The lowest BCUT2D eigenvalue weighted by Gasteiger charge is -2.60. The number of aliphatic hydroxyl groups excluding tert-OH is 1. The molecule has 3 saturated carbocycles. The fraction of sp³-hybridized carbons (Fsp3) is 0.900. The van der Waals surface area contributed by atoms with E-state index in [1.807, 2.05) is 6.92 Å². The molecule has 3 fully saturated rings. The molecule has 0 bridgehead atoms. The van der Waals surface area contributed by atoms with Gasteiger partial charge in [-0.15, -0.1) is 0 Å². The number of rotatable bonds is 7. The number of thioether (sulfide) groups is 1. The minimum Gasteiger partial charge on any atom is -0.479 e. The fourth-order valence-corrected chi connectivity index (χ4v) is 10.9. The van der Waals surface area contributed by atoms with E-state index in [0.717, 1.165) is 48.3 Å². The summed E-state index contributed by atoms with van der Waals surface area (Å²) in [6, 6.07) is 0.